The molecule has 4 heteroatoms. The summed E-state index contributed by atoms with van der Waals surface area (Å²) in [6.45, 7) is 0. The Morgan fingerprint density at radius 1 is 0.426 bits per heavy atom. The van der Waals surface area contributed by atoms with E-state index in [1.807, 2.05) is 54.6 Å². The smallest absolute Gasteiger partial charge is 0.227 e. The molecule has 0 aliphatic heterocycles. The van der Waals surface area contributed by atoms with E-state index in [2.05, 4.69) is 120 Å². The number of fused-ring (bicyclic) bond motifs is 5. The fraction of sp³-hybridized carbons (Fsp3) is 0. The van der Waals surface area contributed by atoms with Crippen molar-refractivity contribution in [1.29, 1.82) is 0 Å². The first-order chi connectivity index (χ1) is 23.3. The molecule has 47 heavy (non-hydrogen) atoms. The highest BCUT2D eigenvalue weighted by atomic mass is 16.4. The summed E-state index contributed by atoms with van der Waals surface area (Å²) in [6, 6.07) is 58.7. The molecular weight excluding hydrogens is 576 g/mol. The lowest BCUT2D eigenvalue weighted by Crippen LogP contribution is -2.09. The third-order valence-corrected chi connectivity index (χ3v) is 8.71. The molecule has 2 aromatic heterocycles. The Balaban J connectivity index is 1.17. The summed E-state index contributed by atoms with van der Waals surface area (Å²) in [5, 5.41) is 1.91. The maximum Gasteiger partial charge on any atom is 0.227 e. The van der Waals surface area contributed by atoms with Gasteiger partial charge in [-0.3, -0.25) is 0 Å². The molecule has 0 unspecified atom stereocenters. The molecule has 7 aromatic carbocycles. The quantitative estimate of drug-likeness (QED) is 0.189. The molecule has 2 heterocycles. The molecule has 0 amide bonds. The summed E-state index contributed by atoms with van der Waals surface area (Å²) in [4.78, 5) is 7.09. The van der Waals surface area contributed by atoms with Crippen LogP contribution in [0.5, 0.6) is 0 Å². The molecule has 0 atom stereocenters. The van der Waals surface area contributed by atoms with Crippen molar-refractivity contribution in [3.63, 3.8) is 0 Å². The summed E-state index contributed by atoms with van der Waals surface area (Å²) >= 11 is 0. The number of aromatic nitrogens is 1. The van der Waals surface area contributed by atoms with Crippen LogP contribution in [0.15, 0.2) is 179 Å². The van der Waals surface area contributed by atoms with Gasteiger partial charge in [-0.25, -0.2) is 4.98 Å². The third-order valence-electron chi connectivity index (χ3n) is 8.71. The Hall–Kier alpha value is -6.39. The Bertz CT molecular complexity index is 2500. The second kappa shape index (κ2) is 11.2. The van der Waals surface area contributed by atoms with E-state index in [-0.39, 0.29) is 0 Å². The van der Waals surface area contributed by atoms with Crippen molar-refractivity contribution in [2.75, 3.05) is 4.90 Å². The van der Waals surface area contributed by atoms with Crippen LogP contribution >= 0.6 is 0 Å². The lowest BCUT2D eigenvalue weighted by Gasteiger charge is -2.26. The van der Waals surface area contributed by atoms with Gasteiger partial charge in [0.1, 0.15) is 16.7 Å². The van der Waals surface area contributed by atoms with Crippen molar-refractivity contribution >= 4 is 50.1 Å². The largest absolute Gasteiger partial charge is 0.456 e. The van der Waals surface area contributed by atoms with E-state index < -0.39 is 0 Å². The Morgan fingerprint density at radius 2 is 0.979 bits per heavy atom. The normalized spacial score (nSPS) is 11.4. The van der Waals surface area contributed by atoms with Crippen LogP contribution in [0.1, 0.15) is 0 Å². The van der Waals surface area contributed by atoms with Crippen LogP contribution in [0.3, 0.4) is 0 Å². The summed E-state index contributed by atoms with van der Waals surface area (Å²) in [5.74, 6) is 0.596. The van der Waals surface area contributed by atoms with E-state index in [1.54, 1.807) is 0 Å². The number of rotatable bonds is 6. The van der Waals surface area contributed by atoms with Crippen LogP contribution in [0.2, 0.25) is 0 Å². The number of oxazole rings is 1. The maximum atomic E-state index is 6.42. The van der Waals surface area contributed by atoms with Gasteiger partial charge in [0.05, 0.1) is 5.39 Å². The monoisotopic (exact) mass is 604 g/mol. The van der Waals surface area contributed by atoms with Gasteiger partial charge in [0, 0.05) is 28.0 Å². The van der Waals surface area contributed by atoms with Gasteiger partial charge in [-0.15, -0.1) is 0 Å². The fourth-order valence-corrected chi connectivity index (χ4v) is 6.50. The van der Waals surface area contributed by atoms with Crippen LogP contribution < -0.4 is 4.90 Å². The number of hydrogen-bond acceptors (Lipinski definition) is 4. The Labute approximate surface area is 271 Å². The van der Waals surface area contributed by atoms with Gasteiger partial charge >= 0.3 is 0 Å². The second-order valence-electron chi connectivity index (χ2n) is 11.6. The number of benzene rings is 7. The van der Waals surface area contributed by atoms with Gasteiger partial charge in [0.2, 0.25) is 5.89 Å². The molecule has 0 aliphatic carbocycles. The highest BCUT2D eigenvalue weighted by molar-refractivity contribution is 6.17. The first-order valence-corrected chi connectivity index (χ1v) is 15.7. The molecule has 222 valence electrons. The van der Waals surface area contributed by atoms with E-state index in [0.717, 1.165) is 55.7 Å². The van der Waals surface area contributed by atoms with Crippen molar-refractivity contribution in [3.8, 4) is 33.7 Å². The minimum absolute atomic E-state index is 0.596. The summed E-state index contributed by atoms with van der Waals surface area (Å²) < 4.78 is 12.7. The molecule has 0 saturated carbocycles. The molecule has 0 aliphatic rings. The predicted octanol–water partition coefficient (Wildman–Crippen LogP) is 12.2. The van der Waals surface area contributed by atoms with Gasteiger partial charge in [0.25, 0.3) is 0 Å². The lowest BCUT2D eigenvalue weighted by atomic mass is 9.94. The number of anilines is 3. The van der Waals surface area contributed by atoms with Crippen LogP contribution in [0, 0.1) is 0 Å². The summed E-state index contributed by atoms with van der Waals surface area (Å²) in [6.07, 6.45) is 0. The third kappa shape index (κ3) is 4.75. The van der Waals surface area contributed by atoms with Crippen LogP contribution in [0.25, 0.3) is 66.7 Å². The zero-order chi connectivity index (χ0) is 31.2. The maximum absolute atomic E-state index is 6.42. The van der Waals surface area contributed by atoms with E-state index >= 15 is 0 Å². The van der Waals surface area contributed by atoms with Crippen molar-refractivity contribution in [3.05, 3.63) is 170 Å². The van der Waals surface area contributed by atoms with Crippen LogP contribution in [-0.2, 0) is 0 Å². The molecule has 0 N–H and O–H groups in total. The zero-order valence-corrected chi connectivity index (χ0v) is 25.4. The van der Waals surface area contributed by atoms with E-state index in [4.69, 9.17) is 13.8 Å². The van der Waals surface area contributed by atoms with Crippen molar-refractivity contribution in [2.45, 2.75) is 0 Å². The first-order valence-electron chi connectivity index (χ1n) is 15.7. The highest BCUT2D eigenvalue weighted by Crippen LogP contribution is 2.42. The summed E-state index contributed by atoms with van der Waals surface area (Å²) in [7, 11) is 0. The molecule has 0 spiro atoms. The Kier molecular flexibility index (Phi) is 6.43. The molecule has 0 fully saturated rings. The molecule has 0 bridgehead atoms. The standard InChI is InChI=1S/C43H28N2O2/c1-4-12-29(13-5-1)35-18-10-11-19-36(35)30-20-22-33(23-21-30)45(32-16-8-3-9-17-32)34-24-26-39-37(28-34)41-40(46-39)27-25-38-42(41)47-43(44-38)31-14-6-2-7-15-31/h1-28H. The van der Waals surface area contributed by atoms with Gasteiger partial charge in [-0.1, -0.05) is 103 Å². The van der Waals surface area contributed by atoms with Crippen molar-refractivity contribution in [1.82, 2.24) is 4.98 Å². The second-order valence-corrected chi connectivity index (χ2v) is 11.6. The predicted molar refractivity (Wildman–Crippen MR) is 192 cm³/mol. The number of hydrogen-bond donors (Lipinski definition) is 0. The van der Waals surface area contributed by atoms with Crippen molar-refractivity contribution < 1.29 is 8.83 Å². The summed E-state index contributed by atoms with van der Waals surface area (Å²) in [5.41, 5.74) is 12.0. The number of nitrogens with zero attached hydrogens (tertiary/aromatic N) is 2. The van der Waals surface area contributed by atoms with Crippen molar-refractivity contribution in [2.24, 2.45) is 0 Å². The minimum Gasteiger partial charge on any atom is -0.456 e. The molecule has 4 nitrogen and oxygen atoms in total. The molecule has 9 aromatic rings. The van der Waals surface area contributed by atoms with Crippen LogP contribution in [-0.4, -0.2) is 4.98 Å². The van der Waals surface area contributed by atoms with Gasteiger partial charge in [-0.05, 0) is 89.0 Å². The highest BCUT2D eigenvalue weighted by Gasteiger charge is 2.19. The molecular formula is C43H28N2O2. The fourth-order valence-electron chi connectivity index (χ4n) is 6.50. The first kappa shape index (κ1) is 27.0. The zero-order valence-electron chi connectivity index (χ0n) is 25.4. The number of furan rings is 1. The van der Waals surface area contributed by atoms with E-state index in [1.165, 1.54) is 22.3 Å². The number of para-hydroxylation sites is 1. The Morgan fingerprint density at radius 3 is 1.68 bits per heavy atom. The average molecular weight is 605 g/mol. The molecule has 0 radical (unpaired) electrons. The SMILES string of the molecule is c1ccc(-c2nc3ccc4oc5ccc(N(c6ccccc6)c6ccc(-c7ccccc7-c7ccccc7)cc6)cc5c4c3o2)cc1. The van der Waals surface area contributed by atoms with Gasteiger partial charge < -0.3 is 13.7 Å². The topological polar surface area (TPSA) is 42.4 Å². The van der Waals surface area contributed by atoms with Gasteiger partial charge in [0.15, 0.2) is 5.58 Å². The van der Waals surface area contributed by atoms with Gasteiger partial charge in [-0.2, -0.15) is 0 Å². The molecule has 0 saturated heterocycles. The van der Waals surface area contributed by atoms with E-state index in [9.17, 15) is 0 Å². The lowest BCUT2D eigenvalue weighted by molar-refractivity contribution is 0.622. The molecule has 9 rings (SSSR count). The minimum atomic E-state index is 0.596. The average Bonchev–Trinajstić information content (AvgIpc) is 3.75. The van der Waals surface area contributed by atoms with Crippen LogP contribution in [0.4, 0.5) is 17.1 Å². The van der Waals surface area contributed by atoms with E-state index in [0.29, 0.717) is 5.89 Å².